The average Bonchev–Trinajstić information content (AvgIpc) is 2.61. The quantitative estimate of drug-likeness (QED) is 0.471. The summed E-state index contributed by atoms with van der Waals surface area (Å²) >= 11 is 0. The summed E-state index contributed by atoms with van der Waals surface area (Å²) in [6.45, 7) is 3.86. The maximum absolute atomic E-state index is 5.99. The molecular weight excluding hydrogens is 318 g/mol. The summed E-state index contributed by atoms with van der Waals surface area (Å²) in [6.07, 6.45) is 7.75. The van der Waals surface area contributed by atoms with Gasteiger partial charge in [0.25, 0.3) is 0 Å². The van der Waals surface area contributed by atoms with E-state index in [-0.39, 0.29) is 12.4 Å². The normalized spacial score (nSPS) is 10.0. The van der Waals surface area contributed by atoms with Crippen molar-refractivity contribution in [3.63, 3.8) is 0 Å². The van der Waals surface area contributed by atoms with Gasteiger partial charge < -0.3 is 10.1 Å². The molecule has 2 nitrogen and oxygen atoms in total. The number of unbranched alkanes of at least 4 members (excludes halogenated alkanes) is 5. The maximum atomic E-state index is 5.99. The molecule has 0 aliphatic heterocycles. The molecule has 0 saturated heterocycles. The molecule has 0 radical (unpaired) electrons. The molecule has 0 fully saturated rings. The van der Waals surface area contributed by atoms with Gasteiger partial charge in [-0.15, -0.1) is 12.4 Å². The van der Waals surface area contributed by atoms with Crippen molar-refractivity contribution in [2.24, 2.45) is 0 Å². The van der Waals surface area contributed by atoms with Crippen molar-refractivity contribution in [2.75, 3.05) is 11.9 Å². The Hall–Kier alpha value is -1.67. The summed E-state index contributed by atoms with van der Waals surface area (Å²) in [7, 11) is 0. The van der Waals surface area contributed by atoms with E-state index in [9.17, 15) is 0 Å². The van der Waals surface area contributed by atoms with Crippen molar-refractivity contribution < 1.29 is 4.74 Å². The Morgan fingerprint density at radius 2 is 1.46 bits per heavy atom. The highest BCUT2D eigenvalue weighted by Crippen LogP contribution is 2.20. The molecule has 1 N–H and O–H groups in total. The van der Waals surface area contributed by atoms with E-state index >= 15 is 0 Å². The summed E-state index contributed by atoms with van der Waals surface area (Å²) < 4.78 is 5.99. The minimum absolute atomic E-state index is 0. The molecule has 0 aliphatic rings. The number of ether oxygens (including phenoxy) is 1. The lowest BCUT2D eigenvalue weighted by Crippen LogP contribution is -2.04. The Bertz CT molecular complexity index is 545. The van der Waals surface area contributed by atoms with Crippen LogP contribution in [0.4, 0.5) is 5.69 Å². The minimum Gasteiger partial charge on any atom is -0.493 e. The van der Waals surface area contributed by atoms with Gasteiger partial charge in [-0.2, -0.15) is 0 Å². The molecule has 132 valence electrons. The van der Waals surface area contributed by atoms with Crippen LogP contribution in [0.15, 0.2) is 54.6 Å². The second-order valence-electron chi connectivity index (χ2n) is 5.94. The van der Waals surface area contributed by atoms with Crippen LogP contribution in [-0.2, 0) is 6.54 Å². The van der Waals surface area contributed by atoms with Crippen LogP contribution in [0.1, 0.15) is 51.0 Å². The van der Waals surface area contributed by atoms with Crippen LogP contribution in [0.2, 0.25) is 0 Å². The molecule has 0 bridgehead atoms. The zero-order chi connectivity index (χ0) is 16.2. The van der Waals surface area contributed by atoms with E-state index < -0.39 is 0 Å². The topological polar surface area (TPSA) is 21.3 Å². The first-order chi connectivity index (χ1) is 11.4. The van der Waals surface area contributed by atoms with E-state index in [0.29, 0.717) is 0 Å². The summed E-state index contributed by atoms with van der Waals surface area (Å²) in [6, 6.07) is 18.6. The molecule has 0 aromatic heterocycles. The fraction of sp³-hybridized carbons (Fsp3) is 0.429. The van der Waals surface area contributed by atoms with Gasteiger partial charge in [0, 0.05) is 17.8 Å². The molecule has 2 aromatic rings. The van der Waals surface area contributed by atoms with Gasteiger partial charge in [-0.1, -0.05) is 75.4 Å². The lowest BCUT2D eigenvalue weighted by molar-refractivity contribution is 0.301. The SMILES string of the molecule is CCCCCCCCOc1ccccc1CNc1ccccc1.Cl. The number of rotatable bonds is 11. The highest BCUT2D eigenvalue weighted by Gasteiger charge is 2.03. The Balaban J connectivity index is 0.00000288. The zero-order valence-electron chi connectivity index (χ0n) is 14.7. The third-order valence-corrected chi connectivity index (χ3v) is 3.98. The number of hydrogen-bond donors (Lipinski definition) is 1. The lowest BCUT2D eigenvalue weighted by Gasteiger charge is -2.13. The lowest BCUT2D eigenvalue weighted by atomic mass is 10.1. The average molecular weight is 348 g/mol. The Morgan fingerprint density at radius 3 is 2.25 bits per heavy atom. The monoisotopic (exact) mass is 347 g/mol. The van der Waals surface area contributed by atoms with Crippen molar-refractivity contribution in [2.45, 2.75) is 52.0 Å². The van der Waals surface area contributed by atoms with Crippen molar-refractivity contribution >= 4 is 18.1 Å². The van der Waals surface area contributed by atoms with Gasteiger partial charge in [-0.3, -0.25) is 0 Å². The second kappa shape index (κ2) is 12.7. The van der Waals surface area contributed by atoms with Crippen molar-refractivity contribution in [1.82, 2.24) is 0 Å². The van der Waals surface area contributed by atoms with Crippen LogP contribution in [0.5, 0.6) is 5.75 Å². The van der Waals surface area contributed by atoms with Gasteiger partial charge in [0.15, 0.2) is 0 Å². The van der Waals surface area contributed by atoms with Crippen LogP contribution < -0.4 is 10.1 Å². The minimum atomic E-state index is 0. The highest BCUT2D eigenvalue weighted by molar-refractivity contribution is 5.85. The first kappa shape index (κ1) is 20.4. The van der Waals surface area contributed by atoms with Crippen molar-refractivity contribution in [3.8, 4) is 5.75 Å². The van der Waals surface area contributed by atoms with E-state index in [0.717, 1.165) is 31.0 Å². The molecule has 2 rings (SSSR count). The molecular formula is C21H30ClNO. The predicted molar refractivity (Wildman–Crippen MR) is 106 cm³/mol. The number of para-hydroxylation sites is 2. The predicted octanol–water partition coefficient (Wildman–Crippen LogP) is 6.46. The van der Waals surface area contributed by atoms with Gasteiger partial charge in [0.2, 0.25) is 0 Å². The van der Waals surface area contributed by atoms with Crippen LogP contribution >= 0.6 is 12.4 Å². The Kier molecular flexibility index (Phi) is 10.8. The van der Waals surface area contributed by atoms with E-state index in [4.69, 9.17) is 4.74 Å². The Morgan fingerprint density at radius 1 is 0.792 bits per heavy atom. The third kappa shape index (κ3) is 7.74. The fourth-order valence-corrected chi connectivity index (χ4v) is 2.61. The molecule has 0 amide bonds. The van der Waals surface area contributed by atoms with E-state index in [1.165, 1.54) is 37.7 Å². The maximum Gasteiger partial charge on any atom is 0.124 e. The van der Waals surface area contributed by atoms with Crippen LogP contribution in [-0.4, -0.2) is 6.61 Å². The molecule has 0 heterocycles. The molecule has 24 heavy (non-hydrogen) atoms. The standard InChI is InChI=1S/C21H29NO.ClH/c1-2-3-4-5-6-12-17-23-21-16-11-10-13-19(21)18-22-20-14-8-7-9-15-20;/h7-11,13-16,22H,2-6,12,17-18H2,1H3;1H. The zero-order valence-corrected chi connectivity index (χ0v) is 15.5. The van der Waals surface area contributed by atoms with Gasteiger partial charge in [-0.25, -0.2) is 0 Å². The summed E-state index contributed by atoms with van der Waals surface area (Å²) in [4.78, 5) is 0. The summed E-state index contributed by atoms with van der Waals surface area (Å²) in [5, 5.41) is 3.45. The van der Waals surface area contributed by atoms with E-state index in [2.05, 4.69) is 42.6 Å². The fourth-order valence-electron chi connectivity index (χ4n) is 2.61. The number of nitrogens with one attached hydrogen (secondary N) is 1. The Labute approximate surface area is 153 Å². The number of anilines is 1. The molecule has 0 unspecified atom stereocenters. The van der Waals surface area contributed by atoms with E-state index in [1.54, 1.807) is 0 Å². The molecule has 0 aliphatic carbocycles. The second-order valence-corrected chi connectivity index (χ2v) is 5.94. The molecule has 3 heteroatoms. The van der Waals surface area contributed by atoms with Gasteiger partial charge >= 0.3 is 0 Å². The summed E-state index contributed by atoms with van der Waals surface area (Å²) in [5.74, 6) is 1.00. The summed E-state index contributed by atoms with van der Waals surface area (Å²) in [5.41, 5.74) is 2.35. The number of hydrogen-bond acceptors (Lipinski definition) is 2. The molecule has 0 saturated carbocycles. The van der Waals surface area contributed by atoms with Gasteiger partial charge in [-0.05, 0) is 24.6 Å². The smallest absolute Gasteiger partial charge is 0.124 e. The van der Waals surface area contributed by atoms with Gasteiger partial charge in [0.05, 0.1) is 6.61 Å². The van der Waals surface area contributed by atoms with Crippen LogP contribution in [0.25, 0.3) is 0 Å². The van der Waals surface area contributed by atoms with E-state index in [1.807, 2.05) is 24.3 Å². The molecule has 0 spiro atoms. The first-order valence-electron chi connectivity index (χ1n) is 8.90. The molecule has 2 aromatic carbocycles. The van der Waals surface area contributed by atoms with Crippen LogP contribution in [0, 0.1) is 0 Å². The number of halogens is 1. The highest BCUT2D eigenvalue weighted by atomic mass is 35.5. The first-order valence-corrected chi connectivity index (χ1v) is 8.90. The third-order valence-electron chi connectivity index (χ3n) is 3.98. The van der Waals surface area contributed by atoms with Crippen molar-refractivity contribution in [3.05, 3.63) is 60.2 Å². The number of benzene rings is 2. The van der Waals surface area contributed by atoms with Crippen LogP contribution in [0.3, 0.4) is 0 Å². The largest absolute Gasteiger partial charge is 0.493 e. The van der Waals surface area contributed by atoms with Gasteiger partial charge in [0.1, 0.15) is 5.75 Å². The van der Waals surface area contributed by atoms with Crippen molar-refractivity contribution in [1.29, 1.82) is 0 Å². The molecule has 0 atom stereocenters.